The van der Waals surface area contributed by atoms with Gasteiger partial charge in [-0.15, -0.1) is 0 Å². The van der Waals surface area contributed by atoms with Crippen molar-refractivity contribution in [3.05, 3.63) is 47.0 Å². The summed E-state index contributed by atoms with van der Waals surface area (Å²) in [6.07, 6.45) is 1.39. The first-order chi connectivity index (χ1) is 7.20. The number of hydrogen-bond acceptors (Lipinski definition) is 2. The highest BCUT2D eigenvalue weighted by Gasteiger charge is 2.21. The van der Waals surface area contributed by atoms with Gasteiger partial charge in [0.15, 0.2) is 11.6 Å². The summed E-state index contributed by atoms with van der Waals surface area (Å²) in [6, 6.07) is 6.89. The molecule has 0 spiro atoms. The summed E-state index contributed by atoms with van der Waals surface area (Å²) in [5.74, 6) is -0.122. The van der Waals surface area contributed by atoms with Gasteiger partial charge in [-0.1, -0.05) is 38.1 Å². The van der Waals surface area contributed by atoms with Crippen molar-refractivity contribution in [2.45, 2.75) is 20.8 Å². The number of carbonyl (C=O) groups is 2. The lowest BCUT2D eigenvalue weighted by Crippen LogP contribution is -2.14. The number of rotatable bonds is 0. The molecule has 0 saturated heterocycles. The van der Waals surface area contributed by atoms with Gasteiger partial charge in [0.05, 0.1) is 0 Å². The van der Waals surface area contributed by atoms with Crippen LogP contribution in [0.3, 0.4) is 0 Å². The molecule has 0 amide bonds. The molecule has 0 aliphatic heterocycles. The number of ketones is 2. The van der Waals surface area contributed by atoms with Crippen LogP contribution in [0.15, 0.2) is 35.9 Å². The Morgan fingerprint density at radius 1 is 0.933 bits per heavy atom. The predicted molar refractivity (Wildman–Crippen MR) is 60.2 cm³/mol. The number of fused-ring (bicyclic) bond motifs is 1. The van der Waals surface area contributed by atoms with Gasteiger partial charge < -0.3 is 0 Å². The lowest BCUT2D eigenvalue weighted by Gasteiger charge is -2.11. The Morgan fingerprint density at radius 2 is 1.47 bits per heavy atom. The van der Waals surface area contributed by atoms with Crippen LogP contribution in [0.25, 0.3) is 0 Å². The molecule has 2 nitrogen and oxygen atoms in total. The van der Waals surface area contributed by atoms with Gasteiger partial charge in [-0.25, -0.2) is 0 Å². The van der Waals surface area contributed by atoms with Crippen molar-refractivity contribution in [2.24, 2.45) is 0 Å². The molecule has 0 aromatic heterocycles. The van der Waals surface area contributed by atoms with Gasteiger partial charge in [0.25, 0.3) is 0 Å². The maximum atomic E-state index is 11.5. The molecule has 1 aliphatic carbocycles. The highest BCUT2D eigenvalue weighted by atomic mass is 16.1. The van der Waals surface area contributed by atoms with Crippen LogP contribution in [0, 0.1) is 0 Å². The SMILES string of the molecule is CC.CC1=CC(=O)c2ccccc2C1=O. The van der Waals surface area contributed by atoms with Crippen LogP contribution in [0.2, 0.25) is 0 Å². The molecule has 78 valence electrons. The molecular formula is C13H14O2. The quantitative estimate of drug-likeness (QED) is 0.648. The monoisotopic (exact) mass is 202 g/mol. The van der Waals surface area contributed by atoms with E-state index in [2.05, 4.69) is 0 Å². The number of allylic oxidation sites excluding steroid dienone is 2. The molecule has 1 aliphatic rings. The Labute approximate surface area is 89.6 Å². The molecular weight excluding hydrogens is 188 g/mol. The van der Waals surface area contributed by atoms with E-state index < -0.39 is 0 Å². The molecule has 0 unspecified atom stereocenters. The lowest BCUT2D eigenvalue weighted by atomic mass is 9.90. The molecule has 1 aromatic rings. The summed E-state index contributed by atoms with van der Waals surface area (Å²) in [5, 5.41) is 0. The number of carbonyl (C=O) groups excluding carboxylic acids is 2. The second kappa shape index (κ2) is 4.69. The maximum Gasteiger partial charge on any atom is 0.189 e. The van der Waals surface area contributed by atoms with Gasteiger partial charge in [0.2, 0.25) is 0 Å². The van der Waals surface area contributed by atoms with Crippen LogP contribution in [0.5, 0.6) is 0 Å². The van der Waals surface area contributed by atoms with Gasteiger partial charge in [-0.3, -0.25) is 9.59 Å². The van der Waals surface area contributed by atoms with E-state index in [1.165, 1.54) is 6.08 Å². The Hall–Kier alpha value is -1.70. The molecule has 0 N–H and O–H groups in total. The highest BCUT2D eigenvalue weighted by Crippen LogP contribution is 2.20. The minimum absolute atomic E-state index is 0.0461. The van der Waals surface area contributed by atoms with Gasteiger partial charge in [0, 0.05) is 16.7 Å². The van der Waals surface area contributed by atoms with Gasteiger partial charge >= 0.3 is 0 Å². The lowest BCUT2D eigenvalue weighted by molar-refractivity contribution is 0.0984. The molecule has 1 aromatic carbocycles. The van der Waals surface area contributed by atoms with Crippen molar-refractivity contribution in [2.75, 3.05) is 0 Å². The van der Waals surface area contributed by atoms with E-state index in [0.29, 0.717) is 16.7 Å². The Kier molecular flexibility index (Phi) is 3.56. The Bertz CT molecular complexity index is 428. The molecule has 0 saturated carbocycles. The highest BCUT2D eigenvalue weighted by molar-refractivity contribution is 6.24. The Balaban J connectivity index is 0.000000531. The maximum absolute atomic E-state index is 11.5. The van der Waals surface area contributed by atoms with Gasteiger partial charge in [0.1, 0.15) is 0 Å². The van der Waals surface area contributed by atoms with Crippen molar-refractivity contribution in [3.8, 4) is 0 Å². The number of benzene rings is 1. The molecule has 0 radical (unpaired) electrons. The minimum Gasteiger partial charge on any atom is -0.289 e. The third-order valence-corrected chi connectivity index (χ3v) is 2.14. The van der Waals surface area contributed by atoms with Crippen molar-refractivity contribution >= 4 is 11.6 Å². The summed E-state index contributed by atoms with van der Waals surface area (Å²) >= 11 is 0. The molecule has 15 heavy (non-hydrogen) atoms. The van der Waals surface area contributed by atoms with Gasteiger partial charge in [-0.05, 0) is 13.0 Å². The second-order valence-electron chi connectivity index (χ2n) is 3.07. The average molecular weight is 202 g/mol. The smallest absolute Gasteiger partial charge is 0.189 e. The zero-order valence-corrected chi connectivity index (χ0v) is 9.20. The minimum atomic E-state index is -0.0762. The molecule has 2 heteroatoms. The van der Waals surface area contributed by atoms with Crippen LogP contribution in [-0.2, 0) is 0 Å². The van der Waals surface area contributed by atoms with E-state index in [1.54, 1.807) is 31.2 Å². The summed E-state index contributed by atoms with van der Waals surface area (Å²) < 4.78 is 0. The molecule has 0 heterocycles. The van der Waals surface area contributed by atoms with Crippen LogP contribution >= 0.6 is 0 Å². The molecule has 0 bridgehead atoms. The fraction of sp³-hybridized carbons (Fsp3) is 0.231. The molecule has 2 rings (SSSR count). The van der Waals surface area contributed by atoms with Gasteiger partial charge in [-0.2, -0.15) is 0 Å². The predicted octanol–water partition coefficient (Wildman–Crippen LogP) is 3.04. The van der Waals surface area contributed by atoms with Crippen molar-refractivity contribution < 1.29 is 9.59 Å². The Morgan fingerprint density at radius 3 is 2.07 bits per heavy atom. The molecule has 0 atom stereocenters. The average Bonchev–Trinajstić information content (AvgIpc) is 2.29. The van der Waals surface area contributed by atoms with Crippen LogP contribution in [-0.4, -0.2) is 11.6 Å². The first-order valence-electron chi connectivity index (χ1n) is 5.06. The standard InChI is InChI=1S/C11H8O2.C2H6/c1-7-6-10(12)8-4-2-3-5-9(8)11(7)13;1-2/h2-6H,1H3;1-2H3. The largest absolute Gasteiger partial charge is 0.289 e. The van der Waals surface area contributed by atoms with Crippen LogP contribution in [0.4, 0.5) is 0 Å². The van der Waals surface area contributed by atoms with Crippen LogP contribution < -0.4 is 0 Å². The summed E-state index contributed by atoms with van der Waals surface area (Å²) in [4.78, 5) is 23.0. The van der Waals surface area contributed by atoms with E-state index in [1.807, 2.05) is 13.8 Å². The summed E-state index contributed by atoms with van der Waals surface area (Å²) in [6.45, 7) is 5.66. The third kappa shape index (κ3) is 2.04. The van der Waals surface area contributed by atoms with E-state index in [0.717, 1.165) is 0 Å². The summed E-state index contributed by atoms with van der Waals surface area (Å²) in [7, 11) is 0. The molecule has 0 fully saturated rings. The fourth-order valence-electron chi connectivity index (χ4n) is 1.45. The van der Waals surface area contributed by atoms with Crippen molar-refractivity contribution in [3.63, 3.8) is 0 Å². The van der Waals surface area contributed by atoms with E-state index in [9.17, 15) is 9.59 Å². The zero-order chi connectivity index (χ0) is 11.4. The number of hydrogen-bond donors (Lipinski definition) is 0. The van der Waals surface area contributed by atoms with Crippen LogP contribution in [0.1, 0.15) is 41.5 Å². The van der Waals surface area contributed by atoms with Crippen molar-refractivity contribution in [1.82, 2.24) is 0 Å². The zero-order valence-electron chi connectivity index (χ0n) is 9.20. The summed E-state index contributed by atoms with van der Waals surface area (Å²) in [5.41, 5.74) is 1.55. The topological polar surface area (TPSA) is 34.1 Å². The third-order valence-electron chi connectivity index (χ3n) is 2.14. The first kappa shape index (κ1) is 11.4. The normalized spacial score (nSPS) is 13.7. The van der Waals surface area contributed by atoms with Crippen molar-refractivity contribution in [1.29, 1.82) is 0 Å². The van der Waals surface area contributed by atoms with E-state index in [-0.39, 0.29) is 11.6 Å². The number of Topliss-reactive ketones (excluding diaryl/α,β-unsaturated/α-hetero) is 1. The van der Waals surface area contributed by atoms with E-state index in [4.69, 9.17) is 0 Å². The first-order valence-corrected chi connectivity index (χ1v) is 5.06. The van der Waals surface area contributed by atoms with E-state index >= 15 is 0 Å². The fourth-order valence-corrected chi connectivity index (χ4v) is 1.45. The second-order valence-corrected chi connectivity index (χ2v) is 3.07.